The smallest absolute Gasteiger partial charge is 0.320 e. The molecule has 5 heteroatoms. The molecule has 0 fully saturated rings. The Morgan fingerprint density at radius 2 is 2.18 bits per heavy atom. The molecule has 3 nitrogen and oxygen atoms in total. The molecule has 0 aliphatic heterocycles. The van der Waals surface area contributed by atoms with Crippen molar-refractivity contribution in [3.63, 3.8) is 0 Å². The Bertz CT molecular complexity index is 396. The number of rotatable bonds is 6. The predicted molar refractivity (Wildman–Crippen MR) is 69.9 cm³/mol. The summed E-state index contributed by atoms with van der Waals surface area (Å²) in [5, 5.41) is 13.0. The van der Waals surface area contributed by atoms with Crippen molar-refractivity contribution in [3.8, 4) is 0 Å². The lowest BCUT2D eigenvalue weighted by Gasteiger charge is -2.12. The first-order valence-corrected chi connectivity index (χ1v) is 6.20. The van der Waals surface area contributed by atoms with Crippen molar-refractivity contribution < 1.29 is 9.90 Å². The SMILES string of the molecule is CCC(NCCc1ccc(Cl)cc1Cl)C(=O)O. The van der Waals surface area contributed by atoms with E-state index >= 15 is 0 Å². The van der Waals surface area contributed by atoms with E-state index in [1.807, 2.05) is 13.0 Å². The van der Waals surface area contributed by atoms with Gasteiger partial charge in [-0.1, -0.05) is 36.2 Å². The Labute approximate surface area is 111 Å². The molecule has 1 rings (SSSR count). The van der Waals surface area contributed by atoms with Gasteiger partial charge in [-0.15, -0.1) is 0 Å². The van der Waals surface area contributed by atoms with Crippen molar-refractivity contribution in [1.29, 1.82) is 0 Å². The van der Waals surface area contributed by atoms with Crippen LogP contribution in [0.2, 0.25) is 10.0 Å². The Hall–Kier alpha value is -0.770. The summed E-state index contributed by atoms with van der Waals surface area (Å²) in [4.78, 5) is 10.8. The molecule has 1 aromatic carbocycles. The summed E-state index contributed by atoms with van der Waals surface area (Å²) in [6, 6.07) is 4.82. The fourth-order valence-electron chi connectivity index (χ4n) is 1.51. The van der Waals surface area contributed by atoms with Crippen LogP contribution in [0.5, 0.6) is 0 Å². The van der Waals surface area contributed by atoms with Crippen LogP contribution >= 0.6 is 23.2 Å². The summed E-state index contributed by atoms with van der Waals surface area (Å²) in [6.07, 6.45) is 1.24. The maximum atomic E-state index is 10.8. The van der Waals surface area contributed by atoms with Crippen molar-refractivity contribution in [2.75, 3.05) is 6.54 Å². The number of nitrogens with one attached hydrogen (secondary N) is 1. The monoisotopic (exact) mass is 275 g/mol. The lowest BCUT2D eigenvalue weighted by molar-refractivity contribution is -0.139. The van der Waals surface area contributed by atoms with Crippen molar-refractivity contribution in [3.05, 3.63) is 33.8 Å². The number of carboxylic acids is 1. The summed E-state index contributed by atoms with van der Waals surface area (Å²) in [5.41, 5.74) is 0.962. The molecule has 1 unspecified atom stereocenters. The first-order valence-electron chi connectivity index (χ1n) is 5.44. The van der Waals surface area contributed by atoms with Crippen molar-refractivity contribution >= 4 is 29.2 Å². The highest BCUT2D eigenvalue weighted by molar-refractivity contribution is 6.35. The second kappa shape index (κ2) is 6.84. The number of hydrogen-bond acceptors (Lipinski definition) is 2. The van der Waals surface area contributed by atoms with Crippen molar-refractivity contribution in [1.82, 2.24) is 5.32 Å². The van der Waals surface area contributed by atoms with Gasteiger partial charge in [0.1, 0.15) is 6.04 Å². The number of carboxylic acid groups (broad SMARTS) is 1. The zero-order valence-electron chi connectivity index (χ0n) is 9.54. The molecule has 0 aliphatic rings. The quantitative estimate of drug-likeness (QED) is 0.839. The standard InChI is InChI=1S/C12H15Cl2NO2/c1-2-11(12(16)17)15-6-5-8-3-4-9(13)7-10(8)14/h3-4,7,11,15H,2,5-6H2,1H3,(H,16,17). The molecule has 1 atom stereocenters. The van der Waals surface area contributed by atoms with Gasteiger partial charge >= 0.3 is 5.97 Å². The Balaban J connectivity index is 2.48. The fraction of sp³-hybridized carbons (Fsp3) is 0.417. The van der Waals surface area contributed by atoms with Gasteiger partial charge in [0, 0.05) is 16.6 Å². The van der Waals surface area contributed by atoms with Crippen molar-refractivity contribution in [2.45, 2.75) is 25.8 Å². The molecular formula is C12H15Cl2NO2. The third kappa shape index (κ3) is 4.54. The second-order valence-electron chi connectivity index (χ2n) is 3.74. The number of halogens is 2. The zero-order valence-corrected chi connectivity index (χ0v) is 11.1. The van der Waals surface area contributed by atoms with E-state index in [1.54, 1.807) is 12.1 Å². The van der Waals surface area contributed by atoms with Crippen LogP contribution in [-0.2, 0) is 11.2 Å². The third-order valence-corrected chi connectivity index (χ3v) is 3.09. The van der Waals surface area contributed by atoms with Crippen LogP contribution in [0.25, 0.3) is 0 Å². The molecule has 2 N–H and O–H groups in total. The van der Waals surface area contributed by atoms with Crippen LogP contribution in [0.3, 0.4) is 0 Å². The molecule has 0 saturated heterocycles. The van der Waals surface area contributed by atoms with Crippen molar-refractivity contribution in [2.24, 2.45) is 0 Å². The van der Waals surface area contributed by atoms with Gasteiger partial charge in [-0.2, -0.15) is 0 Å². The number of aliphatic carboxylic acids is 1. The molecular weight excluding hydrogens is 261 g/mol. The van der Waals surface area contributed by atoms with Gasteiger partial charge in [0.2, 0.25) is 0 Å². The topological polar surface area (TPSA) is 49.3 Å². The van der Waals surface area contributed by atoms with Gasteiger partial charge in [-0.3, -0.25) is 4.79 Å². The summed E-state index contributed by atoms with van der Waals surface area (Å²) < 4.78 is 0. The Morgan fingerprint density at radius 1 is 1.47 bits per heavy atom. The Kier molecular flexibility index (Phi) is 5.75. The maximum Gasteiger partial charge on any atom is 0.320 e. The molecule has 0 saturated carbocycles. The molecule has 0 radical (unpaired) electrons. The molecule has 0 aliphatic carbocycles. The van der Waals surface area contributed by atoms with Crippen LogP contribution in [0, 0.1) is 0 Å². The third-order valence-electron chi connectivity index (χ3n) is 2.51. The van der Waals surface area contributed by atoms with Crippen LogP contribution in [0.4, 0.5) is 0 Å². The van der Waals surface area contributed by atoms with Gasteiger partial charge in [-0.05, 0) is 30.5 Å². The average Bonchev–Trinajstić information content (AvgIpc) is 2.26. The summed E-state index contributed by atoms with van der Waals surface area (Å²) in [6.45, 7) is 2.41. The maximum absolute atomic E-state index is 10.8. The van der Waals surface area contributed by atoms with Gasteiger partial charge in [-0.25, -0.2) is 0 Å². The average molecular weight is 276 g/mol. The largest absolute Gasteiger partial charge is 0.480 e. The lowest BCUT2D eigenvalue weighted by atomic mass is 10.1. The fourth-order valence-corrected chi connectivity index (χ4v) is 2.01. The van der Waals surface area contributed by atoms with Crippen LogP contribution in [0.15, 0.2) is 18.2 Å². The normalized spacial score (nSPS) is 12.4. The first-order chi connectivity index (χ1) is 8.04. The molecule has 17 heavy (non-hydrogen) atoms. The summed E-state index contributed by atoms with van der Waals surface area (Å²) in [7, 11) is 0. The molecule has 0 spiro atoms. The van der Waals surface area contributed by atoms with Gasteiger partial charge in [0.15, 0.2) is 0 Å². The van der Waals surface area contributed by atoms with Crippen LogP contribution in [-0.4, -0.2) is 23.7 Å². The molecule has 0 heterocycles. The van der Waals surface area contributed by atoms with E-state index in [4.69, 9.17) is 28.3 Å². The molecule has 94 valence electrons. The highest BCUT2D eigenvalue weighted by Crippen LogP contribution is 2.21. The van der Waals surface area contributed by atoms with E-state index in [0.717, 1.165) is 5.56 Å². The highest BCUT2D eigenvalue weighted by Gasteiger charge is 2.13. The van der Waals surface area contributed by atoms with E-state index in [2.05, 4.69) is 5.32 Å². The highest BCUT2D eigenvalue weighted by atomic mass is 35.5. The number of benzene rings is 1. The van der Waals surface area contributed by atoms with Crippen LogP contribution < -0.4 is 5.32 Å². The first kappa shape index (κ1) is 14.3. The minimum absolute atomic E-state index is 0.499. The molecule has 0 bridgehead atoms. The number of hydrogen-bond donors (Lipinski definition) is 2. The van der Waals surface area contributed by atoms with Crippen LogP contribution in [0.1, 0.15) is 18.9 Å². The molecule has 0 amide bonds. The molecule has 0 aromatic heterocycles. The Morgan fingerprint density at radius 3 is 2.71 bits per heavy atom. The lowest BCUT2D eigenvalue weighted by Crippen LogP contribution is -2.37. The minimum Gasteiger partial charge on any atom is -0.480 e. The predicted octanol–water partition coefficient (Wildman–Crippen LogP) is 2.99. The van der Waals surface area contributed by atoms with E-state index in [9.17, 15) is 4.79 Å². The van der Waals surface area contributed by atoms with Gasteiger partial charge < -0.3 is 10.4 Å². The van der Waals surface area contributed by atoms with Gasteiger partial charge in [0.05, 0.1) is 0 Å². The number of carbonyl (C=O) groups is 1. The summed E-state index contributed by atoms with van der Waals surface area (Å²) >= 11 is 11.8. The minimum atomic E-state index is -0.824. The van der Waals surface area contributed by atoms with E-state index in [-0.39, 0.29) is 0 Å². The summed E-state index contributed by atoms with van der Waals surface area (Å²) in [5.74, 6) is -0.824. The van der Waals surface area contributed by atoms with E-state index in [0.29, 0.717) is 29.4 Å². The van der Waals surface area contributed by atoms with E-state index in [1.165, 1.54) is 0 Å². The second-order valence-corrected chi connectivity index (χ2v) is 4.58. The zero-order chi connectivity index (χ0) is 12.8. The molecule has 1 aromatic rings. The van der Waals surface area contributed by atoms with E-state index < -0.39 is 12.0 Å². The van der Waals surface area contributed by atoms with Gasteiger partial charge in [0.25, 0.3) is 0 Å².